The molecule has 1 amide bonds. The zero-order chi connectivity index (χ0) is 16.9. The molecule has 1 N–H and O–H groups in total. The predicted molar refractivity (Wildman–Crippen MR) is 83.2 cm³/mol. The first-order chi connectivity index (χ1) is 11.6. The number of aromatic nitrogens is 5. The van der Waals surface area contributed by atoms with Crippen molar-refractivity contribution in [3.8, 4) is 17.4 Å². The van der Waals surface area contributed by atoms with Gasteiger partial charge in [0, 0.05) is 30.2 Å². The summed E-state index contributed by atoms with van der Waals surface area (Å²) in [6, 6.07) is 3.24. The SMILES string of the molecule is Cc1cc(OCC(=O)Nc2cc(C)on2)nc(-c2cnccn2)n1. The normalized spacial score (nSPS) is 10.4. The van der Waals surface area contributed by atoms with Gasteiger partial charge in [-0.15, -0.1) is 0 Å². The molecule has 0 aliphatic heterocycles. The van der Waals surface area contributed by atoms with Gasteiger partial charge in [0.05, 0.1) is 6.20 Å². The van der Waals surface area contributed by atoms with Crippen molar-refractivity contribution in [2.45, 2.75) is 13.8 Å². The lowest BCUT2D eigenvalue weighted by Gasteiger charge is -2.07. The van der Waals surface area contributed by atoms with E-state index in [1.54, 1.807) is 44.6 Å². The second-order valence-corrected chi connectivity index (χ2v) is 4.92. The van der Waals surface area contributed by atoms with Gasteiger partial charge in [-0.2, -0.15) is 4.98 Å². The molecule has 3 heterocycles. The maximum atomic E-state index is 11.9. The van der Waals surface area contributed by atoms with Crippen molar-refractivity contribution in [2.24, 2.45) is 0 Å². The van der Waals surface area contributed by atoms with Crippen LogP contribution in [0.25, 0.3) is 11.5 Å². The third kappa shape index (κ3) is 3.88. The number of ether oxygens (including phenoxy) is 1. The fourth-order valence-corrected chi connectivity index (χ4v) is 1.89. The fraction of sp³-hybridized carbons (Fsp3) is 0.200. The average Bonchev–Trinajstić information content (AvgIpc) is 2.98. The molecular formula is C15H14N6O3. The van der Waals surface area contributed by atoms with E-state index < -0.39 is 0 Å². The van der Waals surface area contributed by atoms with Gasteiger partial charge >= 0.3 is 0 Å². The number of carbonyl (C=O) groups excluding carboxylic acids is 1. The Bertz CT molecular complexity index is 849. The molecule has 3 rings (SSSR count). The molecule has 122 valence electrons. The minimum absolute atomic E-state index is 0.220. The average molecular weight is 326 g/mol. The molecule has 0 fully saturated rings. The van der Waals surface area contributed by atoms with E-state index in [-0.39, 0.29) is 18.4 Å². The van der Waals surface area contributed by atoms with Crippen LogP contribution in [-0.2, 0) is 4.79 Å². The summed E-state index contributed by atoms with van der Waals surface area (Å²) < 4.78 is 10.3. The van der Waals surface area contributed by atoms with Crippen LogP contribution in [0, 0.1) is 13.8 Å². The highest BCUT2D eigenvalue weighted by Gasteiger charge is 2.10. The van der Waals surface area contributed by atoms with Crippen molar-refractivity contribution >= 4 is 11.7 Å². The maximum Gasteiger partial charge on any atom is 0.263 e. The second-order valence-electron chi connectivity index (χ2n) is 4.92. The molecule has 3 aromatic rings. The predicted octanol–water partition coefficient (Wildman–Crippen LogP) is 1.56. The molecule has 0 bridgehead atoms. The molecule has 9 heteroatoms. The smallest absolute Gasteiger partial charge is 0.263 e. The van der Waals surface area contributed by atoms with Gasteiger partial charge in [-0.05, 0) is 13.8 Å². The van der Waals surface area contributed by atoms with Crippen molar-refractivity contribution in [1.29, 1.82) is 0 Å². The summed E-state index contributed by atoms with van der Waals surface area (Å²) in [4.78, 5) is 28.5. The number of hydrogen-bond acceptors (Lipinski definition) is 8. The molecule has 24 heavy (non-hydrogen) atoms. The summed E-state index contributed by atoms with van der Waals surface area (Å²) in [6.45, 7) is 3.31. The van der Waals surface area contributed by atoms with Crippen molar-refractivity contribution in [3.63, 3.8) is 0 Å². The van der Waals surface area contributed by atoms with Gasteiger partial charge in [-0.25, -0.2) is 9.97 Å². The van der Waals surface area contributed by atoms with E-state index in [1.807, 2.05) is 0 Å². The molecule has 0 atom stereocenters. The topological polar surface area (TPSA) is 116 Å². The molecule has 0 aliphatic carbocycles. The van der Waals surface area contributed by atoms with E-state index in [0.29, 0.717) is 28.8 Å². The first-order valence-corrected chi connectivity index (χ1v) is 7.08. The van der Waals surface area contributed by atoms with Crippen LogP contribution >= 0.6 is 0 Å². The zero-order valence-electron chi connectivity index (χ0n) is 13.1. The number of anilines is 1. The zero-order valence-corrected chi connectivity index (χ0v) is 13.1. The number of aryl methyl sites for hydroxylation is 2. The molecule has 0 spiro atoms. The van der Waals surface area contributed by atoms with Gasteiger partial charge in [0.15, 0.2) is 18.2 Å². The third-order valence-corrected chi connectivity index (χ3v) is 2.87. The Morgan fingerprint density at radius 1 is 1.25 bits per heavy atom. The van der Waals surface area contributed by atoms with E-state index >= 15 is 0 Å². The van der Waals surface area contributed by atoms with Crippen LogP contribution in [0.2, 0.25) is 0 Å². The molecule has 9 nitrogen and oxygen atoms in total. The lowest BCUT2D eigenvalue weighted by Crippen LogP contribution is -2.20. The minimum Gasteiger partial charge on any atom is -0.467 e. The number of hydrogen-bond donors (Lipinski definition) is 1. The summed E-state index contributed by atoms with van der Waals surface area (Å²) in [7, 11) is 0. The van der Waals surface area contributed by atoms with Gasteiger partial charge in [0.2, 0.25) is 5.88 Å². The molecule has 0 saturated heterocycles. The summed E-state index contributed by atoms with van der Waals surface area (Å²) in [5.41, 5.74) is 1.21. The Hall–Kier alpha value is -3.36. The number of nitrogens with one attached hydrogen (secondary N) is 1. The molecule has 0 aliphatic rings. The number of nitrogens with zero attached hydrogens (tertiary/aromatic N) is 5. The van der Waals surface area contributed by atoms with Crippen LogP contribution in [0.5, 0.6) is 5.88 Å². The van der Waals surface area contributed by atoms with E-state index in [9.17, 15) is 4.79 Å². The van der Waals surface area contributed by atoms with Crippen LogP contribution in [0.15, 0.2) is 35.2 Å². The largest absolute Gasteiger partial charge is 0.467 e. The van der Waals surface area contributed by atoms with Crippen molar-refractivity contribution < 1.29 is 14.1 Å². The highest BCUT2D eigenvalue weighted by atomic mass is 16.5. The fourth-order valence-electron chi connectivity index (χ4n) is 1.89. The van der Waals surface area contributed by atoms with E-state index in [1.165, 1.54) is 0 Å². The van der Waals surface area contributed by atoms with Gasteiger partial charge in [0.25, 0.3) is 5.91 Å². The standard InChI is InChI=1S/C15H14N6O3/c1-9-5-14(20-15(18-9)11-7-16-3-4-17-11)23-8-13(22)19-12-6-10(2)24-21-12/h3-7H,8H2,1-2H3,(H,19,21,22). The highest BCUT2D eigenvalue weighted by molar-refractivity contribution is 5.90. The molecular weight excluding hydrogens is 312 g/mol. The Morgan fingerprint density at radius 2 is 2.12 bits per heavy atom. The number of carbonyl (C=O) groups is 1. The van der Waals surface area contributed by atoms with Gasteiger partial charge in [0.1, 0.15) is 11.5 Å². The van der Waals surface area contributed by atoms with Crippen molar-refractivity contribution in [3.05, 3.63) is 42.2 Å². The summed E-state index contributed by atoms with van der Waals surface area (Å²) in [6.07, 6.45) is 4.67. The third-order valence-electron chi connectivity index (χ3n) is 2.87. The minimum atomic E-state index is -0.374. The lowest BCUT2D eigenvalue weighted by molar-refractivity contribution is -0.118. The Labute approximate surface area is 137 Å². The van der Waals surface area contributed by atoms with Gasteiger partial charge < -0.3 is 14.6 Å². The van der Waals surface area contributed by atoms with Crippen LogP contribution < -0.4 is 10.1 Å². The number of amides is 1. The van der Waals surface area contributed by atoms with Crippen molar-refractivity contribution in [2.75, 3.05) is 11.9 Å². The van der Waals surface area contributed by atoms with Gasteiger partial charge in [-0.1, -0.05) is 5.16 Å². The summed E-state index contributed by atoms with van der Waals surface area (Å²) >= 11 is 0. The number of rotatable bonds is 5. The van der Waals surface area contributed by atoms with E-state index in [4.69, 9.17) is 9.26 Å². The van der Waals surface area contributed by atoms with Crippen LogP contribution in [-0.4, -0.2) is 37.6 Å². The Morgan fingerprint density at radius 3 is 2.83 bits per heavy atom. The lowest BCUT2D eigenvalue weighted by atomic mass is 10.3. The molecule has 0 aromatic carbocycles. The summed E-state index contributed by atoms with van der Waals surface area (Å²) in [5.74, 6) is 1.22. The Balaban J connectivity index is 1.67. The molecule has 3 aromatic heterocycles. The highest BCUT2D eigenvalue weighted by Crippen LogP contribution is 2.16. The monoisotopic (exact) mass is 326 g/mol. The van der Waals surface area contributed by atoms with Crippen LogP contribution in [0.4, 0.5) is 5.82 Å². The summed E-state index contributed by atoms with van der Waals surface area (Å²) in [5, 5.41) is 6.23. The quantitative estimate of drug-likeness (QED) is 0.751. The van der Waals surface area contributed by atoms with E-state index in [0.717, 1.165) is 0 Å². The molecule has 0 saturated carbocycles. The van der Waals surface area contributed by atoms with Gasteiger partial charge in [-0.3, -0.25) is 9.78 Å². The first kappa shape index (κ1) is 15.5. The maximum absolute atomic E-state index is 11.9. The van der Waals surface area contributed by atoms with Crippen molar-refractivity contribution in [1.82, 2.24) is 25.1 Å². The van der Waals surface area contributed by atoms with Crippen LogP contribution in [0.1, 0.15) is 11.5 Å². The first-order valence-electron chi connectivity index (χ1n) is 7.08. The van der Waals surface area contributed by atoms with Crippen LogP contribution in [0.3, 0.4) is 0 Å². The molecule has 0 unspecified atom stereocenters. The second kappa shape index (κ2) is 6.82. The van der Waals surface area contributed by atoms with E-state index in [2.05, 4.69) is 30.4 Å². The molecule has 0 radical (unpaired) electrons. The Kier molecular flexibility index (Phi) is 4.41.